The number of halogens is 1. The van der Waals surface area contributed by atoms with Crippen molar-refractivity contribution in [3.05, 3.63) is 29.6 Å². The van der Waals surface area contributed by atoms with Gasteiger partial charge < -0.3 is 20.3 Å². The van der Waals surface area contributed by atoms with Crippen LogP contribution in [0.15, 0.2) is 18.2 Å². The fourth-order valence-electron chi connectivity index (χ4n) is 2.30. The summed E-state index contributed by atoms with van der Waals surface area (Å²) in [6.45, 7) is 1.27. The Kier molecular flexibility index (Phi) is 4.74. The lowest BCUT2D eigenvalue weighted by Gasteiger charge is -2.35. The van der Waals surface area contributed by atoms with Gasteiger partial charge in [0.25, 0.3) is 5.91 Å². The van der Waals surface area contributed by atoms with Crippen molar-refractivity contribution >= 4 is 11.8 Å². The molecule has 0 bridgehead atoms. The molecular formula is C14H18FN3O3. The number of hydrogen-bond acceptors (Lipinski definition) is 4. The zero-order valence-corrected chi connectivity index (χ0v) is 12.0. The Hall–Kier alpha value is -2.15. The number of ether oxygens (including phenoxy) is 1. The first-order chi connectivity index (χ1) is 10.1. The first-order valence-corrected chi connectivity index (χ1v) is 6.65. The van der Waals surface area contributed by atoms with E-state index in [1.54, 1.807) is 0 Å². The molecule has 1 unspecified atom stereocenters. The maximum atomic E-state index is 14.0. The second kappa shape index (κ2) is 6.53. The SMILES string of the molecule is CNC(=O)C1CNCCN1C(=O)c1ccc(OC)cc1F. The molecule has 2 rings (SSSR count). The summed E-state index contributed by atoms with van der Waals surface area (Å²) in [5.74, 6) is -1.09. The van der Waals surface area contributed by atoms with Crippen molar-refractivity contribution in [2.24, 2.45) is 0 Å². The Bertz CT molecular complexity index is 550. The van der Waals surface area contributed by atoms with Crippen LogP contribution < -0.4 is 15.4 Å². The Labute approximate surface area is 122 Å². The first kappa shape index (κ1) is 15.2. The van der Waals surface area contributed by atoms with Gasteiger partial charge in [0.1, 0.15) is 17.6 Å². The summed E-state index contributed by atoms with van der Waals surface area (Å²) in [6.07, 6.45) is 0. The second-order valence-corrected chi connectivity index (χ2v) is 4.68. The number of nitrogens with one attached hydrogen (secondary N) is 2. The Morgan fingerprint density at radius 1 is 1.48 bits per heavy atom. The third-order valence-corrected chi connectivity index (χ3v) is 3.46. The third kappa shape index (κ3) is 3.13. The Balaban J connectivity index is 2.26. The van der Waals surface area contributed by atoms with E-state index in [2.05, 4.69) is 10.6 Å². The van der Waals surface area contributed by atoms with Gasteiger partial charge in [-0.05, 0) is 12.1 Å². The molecule has 6 nitrogen and oxygen atoms in total. The van der Waals surface area contributed by atoms with Gasteiger partial charge in [0, 0.05) is 32.7 Å². The molecule has 1 aliphatic heterocycles. The molecule has 1 saturated heterocycles. The number of methoxy groups -OCH3 is 1. The van der Waals surface area contributed by atoms with Crippen LogP contribution in [0, 0.1) is 5.82 Å². The largest absolute Gasteiger partial charge is 0.497 e. The van der Waals surface area contributed by atoms with E-state index < -0.39 is 17.8 Å². The van der Waals surface area contributed by atoms with Gasteiger partial charge in [0.05, 0.1) is 12.7 Å². The van der Waals surface area contributed by atoms with E-state index in [1.165, 1.54) is 31.2 Å². The molecule has 1 aromatic carbocycles. The first-order valence-electron chi connectivity index (χ1n) is 6.65. The molecule has 1 fully saturated rings. The number of benzene rings is 1. The number of amides is 2. The molecular weight excluding hydrogens is 277 g/mol. The van der Waals surface area contributed by atoms with Crippen LogP contribution in [0.3, 0.4) is 0 Å². The van der Waals surface area contributed by atoms with Crippen LogP contribution in [0.25, 0.3) is 0 Å². The van der Waals surface area contributed by atoms with E-state index in [1.807, 2.05) is 0 Å². The smallest absolute Gasteiger partial charge is 0.257 e. The minimum Gasteiger partial charge on any atom is -0.497 e. The zero-order chi connectivity index (χ0) is 15.4. The fourth-order valence-corrected chi connectivity index (χ4v) is 2.30. The summed E-state index contributed by atoms with van der Waals surface area (Å²) >= 11 is 0. The van der Waals surface area contributed by atoms with E-state index >= 15 is 0 Å². The molecule has 0 aromatic heterocycles. The van der Waals surface area contributed by atoms with Crippen molar-refractivity contribution in [3.8, 4) is 5.75 Å². The molecule has 0 spiro atoms. The molecule has 2 amide bonds. The van der Waals surface area contributed by atoms with Crippen LogP contribution in [0.1, 0.15) is 10.4 Å². The standard InChI is InChI=1S/C14H18FN3O3/c1-16-13(19)12-8-17-5-6-18(12)14(20)10-4-3-9(21-2)7-11(10)15/h3-4,7,12,17H,5-6,8H2,1-2H3,(H,16,19). The summed E-state index contributed by atoms with van der Waals surface area (Å²) in [6, 6.07) is 3.41. The van der Waals surface area contributed by atoms with E-state index in [0.717, 1.165) is 6.07 Å². The van der Waals surface area contributed by atoms with Crippen molar-refractivity contribution < 1.29 is 18.7 Å². The van der Waals surface area contributed by atoms with Crippen LogP contribution >= 0.6 is 0 Å². The van der Waals surface area contributed by atoms with E-state index in [4.69, 9.17) is 4.74 Å². The monoisotopic (exact) mass is 295 g/mol. The molecule has 1 heterocycles. The number of hydrogen-bond donors (Lipinski definition) is 2. The van der Waals surface area contributed by atoms with E-state index in [9.17, 15) is 14.0 Å². The molecule has 7 heteroatoms. The van der Waals surface area contributed by atoms with Crippen molar-refractivity contribution in [3.63, 3.8) is 0 Å². The van der Waals surface area contributed by atoms with Crippen molar-refractivity contribution in [2.45, 2.75) is 6.04 Å². The van der Waals surface area contributed by atoms with E-state index in [-0.39, 0.29) is 11.5 Å². The van der Waals surface area contributed by atoms with Gasteiger partial charge in [-0.25, -0.2) is 4.39 Å². The van der Waals surface area contributed by atoms with Crippen LogP contribution in [0.4, 0.5) is 4.39 Å². The lowest BCUT2D eigenvalue weighted by molar-refractivity contribution is -0.125. The highest BCUT2D eigenvalue weighted by Crippen LogP contribution is 2.19. The molecule has 0 saturated carbocycles. The Morgan fingerprint density at radius 2 is 2.24 bits per heavy atom. The lowest BCUT2D eigenvalue weighted by atomic mass is 10.1. The van der Waals surface area contributed by atoms with Gasteiger partial charge in [-0.15, -0.1) is 0 Å². The van der Waals surface area contributed by atoms with Crippen LogP contribution in [0.2, 0.25) is 0 Å². The third-order valence-electron chi connectivity index (χ3n) is 3.46. The minimum atomic E-state index is -0.659. The fraction of sp³-hybridized carbons (Fsp3) is 0.429. The number of carbonyl (C=O) groups excluding carboxylic acids is 2. The summed E-state index contributed by atoms with van der Waals surface area (Å²) < 4.78 is 18.9. The Morgan fingerprint density at radius 3 is 2.86 bits per heavy atom. The van der Waals surface area contributed by atoms with Gasteiger partial charge >= 0.3 is 0 Å². The van der Waals surface area contributed by atoms with Gasteiger partial charge in [-0.1, -0.05) is 0 Å². The van der Waals surface area contributed by atoms with Crippen LogP contribution in [0.5, 0.6) is 5.75 Å². The van der Waals surface area contributed by atoms with Crippen molar-refractivity contribution in [1.82, 2.24) is 15.5 Å². The predicted octanol–water partition coefficient (Wildman–Crippen LogP) is -0.00570. The molecule has 0 aliphatic carbocycles. The lowest BCUT2D eigenvalue weighted by Crippen LogP contribution is -2.59. The molecule has 0 radical (unpaired) electrons. The molecule has 21 heavy (non-hydrogen) atoms. The van der Waals surface area contributed by atoms with E-state index in [0.29, 0.717) is 25.4 Å². The maximum Gasteiger partial charge on any atom is 0.257 e. The van der Waals surface area contributed by atoms with Crippen LogP contribution in [-0.4, -0.2) is 56.5 Å². The number of rotatable bonds is 3. The van der Waals surface area contributed by atoms with Gasteiger partial charge in [-0.2, -0.15) is 0 Å². The highest BCUT2D eigenvalue weighted by molar-refractivity contribution is 5.98. The van der Waals surface area contributed by atoms with Crippen LogP contribution in [-0.2, 0) is 4.79 Å². The molecule has 2 N–H and O–H groups in total. The average Bonchev–Trinajstić information content (AvgIpc) is 2.53. The summed E-state index contributed by atoms with van der Waals surface area (Å²) in [7, 11) is 2.93. The second-order valence-electron chi connectivity index (χ2n) is 4.68. The number of likely N-dealkylation sites (N-methyl/N-ethyl adjacent to an activating group) is 1. The van der Waals surface area contributed by atoms with Crippen molar-refractivity contribution in [1.29, 1.82) is 0 Å². The minimum absolute atomic E-state index is 0.0633. The van der Waals surface area contributed by atoms with Crippen molar-refractivity contribution in [2.75, 3.05) is 33.8 Å². The maximum absolute atomic E-state index is 14.0. The summed E-state index contributed by atoms with van der Waals surface area (Å²) in [5, 5.41) is 5.57. The quantitative estimate of drug-likeness (QED) is 0.823. The highest BCUT2D eigenvalue weighted by atomic mass is 19.1. The molecule has 1 atom stereocenters. The van der Waals surface area contributed by atoms with Gasteiger partial charge in [0.2, 0.25) is 5.91 Å². The number of nitrogens with zero attached hydrogens (tertiary/aromatic N) is 1. The normalized spacial score (nSPS) is 18.2. The molecule has 114 valence electrons. The molecule has 1 aliphatic rings. The molecule has 1 aromatic rings. The van der Waals surface area contributed by atoms with Gasteiger partial charge in [-0.3, -0.25) is 9.59 Å². The predicted molar refractivity (Wildman–Crippen MR) is 74.7 cm³/mol. The highest BCUT2D eigenvalue weighted by Gasteiger charge is 2.33. The zero-order valence-electron chi connectivity index (χ0n) is 12.0. The number of piperazine rings is 1. The topological polar surface area (TPSA) is 70.7 Å². The average molecular weight is 295 g/mol. The summed E-state index contributed by atoms with van der Waals surface area (Å²) in [4.78, 5) is 25.7. The summed E-state index contributed by atoms with van der Waals surface area (Å²) in [5.41, 5.74) is -0.0633. The van der Waals surface area contributed by atoms with Gasteiger partial charge in [0.15, 0.2) is 0 Å². The number of carbonyl (C=O) groups is 2.